The van der Waals surface area contributed by atoms with Gasteiger partial charge in [0, 0.05) is 18.0 Å². The number of amides is 2. The number of hydrogen-bond donors (Lipinski definition) is 3. The molecule has 1 unspecified atom stereocenters. The van der Waals surface area contributed by atoms with E-state index in [0.29, 0.717) is 11.4 Å². The van der Waals surface area contributed by atoms with E-state index in [4.69, 9.17) is 0 Å². The van der Waals surface area contributed by atoms with E-state index in [0.717, 1.165) is 5.56 Å². The second-order valence-electron chi connectivity index (χ2n) is 4.93. The van der Waals surface area contributed by atoms with Gasteiger partial charge in [0.25, 0.3) is 0 Å². The molecule has 0 saturated heterocycles. The Balaban J connectivity index is 2.47. The molecule has 0 saturated carbocycles. The maximum absolute atomic E-state index is 11.7. The molecule has 0 fully saturated rings. The molecule has 2 amide bonds. The monoisotopic (exact) mass is 296 g/mol. The maximum Gasteiger partial charge on any atom is 0.313 e. The van der Waals surface area contributed by atoms with Crippen LogP contribution in [0, 0.1) is 6.92 Å². The molecule has 1 aromatic rings. The highest BCUT2D eigenvalue weighted by atomic mass is 32.2. The number of benzene rings is 1. The highest BCUT2D eigenvalue weighted by Gasteiger charge is 2.22. The Labute approximate surface area is 123 Å². The summed E-state index contributed by atoms with van der Waals surface area (Å²) in [6.45, 7) is 3.59. The lowest BCUT2D eigenvalue weighted by Gasteiger charge is -2.22. The fraction of sp³-hybridized carbons (Fsp3) is 0.429. The third-order valence-electron chi connectivity index (χ3n) is 2.60. The summed E-state index contributed by atoms with van der Waals surface area (Å²) in [6.07, 6.45) is 1.86. The summed E-state index contributed by atoms with van der Waals surface area (Å²) in [6, 6.07) is 7.14. The molecule has 1 atom stereocenters. The van der Waals surface area contributed by atoms with Gasteiger partial charge < -0.3 is 15.7 Å². The summed E-state index contributed by atoms with van der Waals surface area (Å²) in [4.78, 5) is 23.3. The Bertz CT molecular complexity index is 472. The molecule has 0 aliphatic rings. The number of nitrogens with one attached hydrogen (secondary N) is 2. The molecule has 1 aromatic carbocycles. The Morgan fingerprint density at radius 3 is 2.40 bits per heavy atom. The fourth-order valence-electron chi connectivity index (χ4n) is 1.54. The van der Waals surface area contributed by atoms with Crippen LogP contribution in [-0.2, 0) is 9.59 Å². The zero-order valence-electron chi connectivity index (χ0n) is 11.9. The van der Waals surface area contributed by atoms with Gasteiger partial charge in [-0.3, -0.25) is 9.59 Å². The number of carbonyl (C=O) groups is 2. The molecule has 20 heavy (non-hydrogen) atoms. The second-order valence-corrected chi connectivity index (χ2v) is 5.80. The van der Waals surface area contributed by atoms with Crippen LogP contribution < -0.4 is 10.6 Å². The first-order valence-electron chi connectivity index (χ1n) is 6.21. The van der Waals surface area contributed by atoms with Crippen LogP contribution in [0.25, 0.3) is 0 Å². The summed E-state index contributed by atoms with van der Waals surface area (Å²) in [5, 5.41) is 14.8. The quantitative estimate of drug-likeness (QED) is 0.713. The highest BCUT2D eigenvalue weighted by molar-refractivity contribution is 7.98. The molecule has 110 valence electrons. The third-order valence-corrected chi connectivity index (χ3v) is 3.51. The van der Waals surface area contributed by atoms with Gasteiger partial charge in [-0.2, -0.15) is 11.8 Å². The van der Waals surface area contributed by atoms with Crippen molar-refractivity contribution in [1.82, 2.24) is 5.32 Å². The summed E-state index contributed by atoms with van der Waals surface area (Å²) in [7, 11) is 0. The molecular weight excluding hydrogens is 276 g/mol. The van der Waals surface area contributed by atoms with E-state index in [1.165, 1.54) is 11.8 Å². The lowest BCUT2D eigenvalue weighted by molar-refractivity contribution is -0.136. The van der Waals surface area contributed by atoms with E-state index in [1.54, 1.807) is 19.1 Å². The van der Waals surface area contributed by atoms with Gasteiger partial charge in [0.2, 0.25) is 0 Å². The highest BCUT2D eigenvalue weighted by Crippen LogP contribution is 2.10. The van der Waals surface area contributed by atoms with Crippen molar-refractivity contribution < 1.29 is 14.7 Å². The van der Waals surface area contributed by atoms with Crippen molar-refractivity contribution in [3.63, 3.8) is 0 Å². The van der Waals surface area contributed by atoms with Crippen molar-refractivity contribution in [2.45, 2.75) is 19.4 Å². The molecule has 0 aromatic heterocycles. The molecule has 0 bridgehead atoms. The molecule has 1 rings (SSSR count). The van der Waals surface area contributed by atoms with Crippen molar-refractivity contribution in [3.8, 4) is 0 Å². The van der Waals surface area contributed by atoms with Crippen molar-refractivity contribution in [2.24, 2.45) is 0 Å². The summed E-state index contributed by atoms with van der Waals surface area (Å²) in [5.74, 6) is -1.02. The van der Waals surface area contributed by atoms with E-state index in [1.807, 2.05) is 25.3 Å². The van der Waals surface area contributed by atoms with Crippen LogP contribution in [0.2, 0.25) is 0 Å². The van der Waals surface area contributed by atoms with Crippen LogP contribution in [0.1, 0.15) is 12.5 Å². The van der Waals surface area contributed by atoms with Gasteiger partial charge >= 0.3 is 11.8 Å². The molecule has 0 aliphatic carbocycles. The Morgan fingerprint density at radius 1 is 1.25 bits per heavy atom. The summed E-state index contributed by atoms with van der Waals surface area (Å²) < 4.78 is 0. The maximum atomic E-state index is 11.7. The number of carbonyl (C=O) groups excluding carboxylic acids is 2. The number of anilines is 1. The Hall–Kier alpha value is -1.53. The normalized spacial score (nSPS) is 13.4. The van der Waals surface area contributed by atoms with Crippen LogP contribution in [-0.4, -0.2) is 41.1 Å². The van der Waals surface area contributed by atoms with Gasteiger partial charge in [0.15, 0.2) is 0 Å². The summed E-state index contributed by atoms with van der Waals surface area (Å²) in [5.41, 5.74) is 0.603. The number of rotatable bonds is 5. The number of aryl methyl sites for hydroxylation is 1. The van der Waals surface area contributed by atoms with E-state index in [2.05, 4.69) is 10.6 Å². The predicted molar refractivity (Wildman–Crippen MR) is 81.8 cm³/mol. The molecule has 0 heterocycles. The van der Waals surface area contributed by atoms with Crippen LogP contribution in [0.4, 0.5) is 5.69 Å². The molecule has 3 N–H and O–H groups in total. The minimum absolute atomic E-state index is 0.0357. The minimum atomic E-state index is -1.03. The van der Waals surface area contributed by atoms with Gasteiger partial charge in [0.1, 0.15) is 0 Å². The predicted octanol–water partition coefficient (Wildman–Crippen LogP) is 1.16. The average Bonchev–Trinajstić information content (AvgIpc) is 2.38. The standard InChI is InChI=1S/C14H20N2O3S/c1-10-4-6-11(7-5-10)16-13(18)12(17)15-8-14(2,19)9-20-3/h4-7,19H,8-9H2,1-3H3,(H,15,17)(H,16,18). The van der Waals surface area contributed by atoms with Gasteiger partial charge in [0.05, 0.1) is 5.60 Å². The Kier molecular flexibility index (Phi) is 6.04. The second kappa shape index (κ2) is 7.31. The van der Waals surface area contributed by atoms with Crippen molar-refractivity contribution in [2.75, 3.05) is 23.9 Å². The van der Waals surface area contributed by atoms with E-state index < -0.39 is 17.4 Å². The first-order chi connectivity index (χ1) is 9.34. The SMILES string of the molecule is CSCC(C)(O)CNC(=O)C(=O)Nc1ccc(C)cc1. The largest absolute Gasteiger partial charge is 0.387 e. The summed E-state index contributed by atoms with van der Waals surface area (Å²) >= 11 is 1.47. The van der Waals surface area contributed by atoms with Gasteiger partial charge in [-0.05, 0) is 32.2 Å². The van der Waals surface area contributed by atoms with Gasteiger partial charge in [-0.25, -0.2) is 0 Å². The van der Waals surface area contributed by atoms with Crippen molar-refractivity contribution >= 4 is 29.3 Å². The molecule has 5 nitrogen and oxygen atoms in total. The third kappa shape index (κ3) is 5.63. The number of hydrogen-bond acceptors (Lipinski definition) is 4. The van der Waals surface area contributed by atoms with Gasteiger partial charge in [-0.15, -0.1) is 0 Å². The number of thioether (sulfide) groups is 1. The Morgan fingerprint density at radius 2 is 1.85 bits per heavy atom. The zero-order chi connectivity index (χ0) is 15.2. The molecule has 0 aliphatic heterocycles. The van der Waals surface area contributed by atoms with Crippen LogP contribution in [0.5, 0.6) is 0 Å². The molecule has 0 radical (unpaired) electrons. The minimum Gasteiger partial charge on any atom is -0.387 e. The van der Waals surface area contributed by atoms with Crippen LogP contribution in [0.15, 0.2) is 24.3 Å². The number of aliphatic hydroxyl groups is 1. The van der Waals surface area contributed by atoms with Gasteiger partial charge in [-0.1, -0.05) is 17.7 Å². The van der Waals surface area contributed by atoms with E-state index in [-0.39, 0.29) is 6.54 Å². The van der Waals surface area contributed by atoms with Crippen LogP contribution in [0.3, 0.4) is 0 Å². The fourth-order valence-corrected chi connectivity index (χ4v) is 2.26. The van der Waals surface area contributed by atoms with Crippen molar-refractivity contribution in [3.05, 3.63) is 29.8 Å². The first kappa shape index (κ1) is 16.5. The van der Waals surface area contributed by atoms with E-state index in [9.17, 15) is 14.7 Å². The van der Waals surface area contributed by atoms with E-state index >= 15 is 0 Å². The lowest BCUT2D eigenvalue weighted by atomic mass is 10.1. The smallest absolute Gasteiger partial charge is 0.313 e. The lowest BCUT2D eigenvalue weighted by Crippen LogP contribution is -2.45. The topological polar surface area (TPSA) is 78.4 Å². The molecular formula is C14H20N2O3S. The van der Waals surface area contributed by atoms with Crippen LogP contribution >= 0.6 is 11.8 Å². The molecule has 6 heteroatoms. The van der Waals surface area contributed by atoms with Crippen molar-refractivity contribution in [1.29, 1.82) is 0 Å². The average molecular weight is 296 g/mol. The first-order valence-corrected chi connectivity index (χ1v) is 7.60. The zero-order valence-corrected chi connectivity index (χ0v) is 12.7. The molecule has 0 spiro atoms.